The fourth-order valence-corrected chi connectivity index (χ4v) is 2.47. The van der Waals surface area contributed by atoms with Crippen LogP contribution in [-0.2, 0) is 16.6 Å². The number of anilines is 1. The molecule has 0 radical (unpaired) electrons. The van der Waals surface area contributed by atoms with Gasteiger partial charge in [0.1, 0.15) is 5.60 Å². The molecule has 0 aromatic carbocycles. The van der Waals surface area contributed by atoms with E-state index in [1.165, 1.54) is 0 Å². The molecule has 1 saturated heterocycles. The summed E-state index contributed by atoms with van der Waals surface area (Å²) in [6, 6.07) is 0. The van der Waals surface area contributed by atoms with Gasteiger partial charge < -0.3 is 24.6 Å². The molecule has 8 nitrogen and oxygen atoms in total. The van der Waals surface area contributed by atoms with Crippen molar-refractivity contribution in [1.29, 1.82) is 0 Å². The Kier molecular flexibility index (Phi) is 4.04. The first-order valence-corrected chi connectivity index (χ1v) is 7.10. The van der Waals surface area contributed by atoms with E-state index in [9.17, 15) is 14.7 Å². The van der Waals surface area contributed by atoms with Crippen LogP contribution in [0.5, 0.6) is 0 Å². The van der Waals surface area contributed by atoms with Crippen molar-refractivity contribution in [3.05, 3.63) is 12.4 Å². The van der Waals surface area contributed by atoms with E-state index < -0.39 is 23.2 Å². The van der Waals surface area contributed by atoms with E-state index in [-0.39, 0.29) is 13.0 Å². The van der Waals surface area contributed by atoms with Crippen molar-refractivity contribution in [3.8, 4) is 0 Å². The second kappa shape index (κ2) is 5.51. The summed E-state index contributed by atoms with van der Waals surface area (Å²) in [7, 11) is 1.84. The maximum Gasteiger partial charge on any atom is 0.408 e. The first-order chi connectivity index (χ1) is 10.1. The largest absolute Gasteiger partial charge is 0.479 e. The van der Waals surface area contributed by atoms with Crippen molar-refractivity contribution < 1.29 is 19.4 Å². The highest BCUT2D eigenvalue weighted by Gasteiger charge is 2.47. The third-order valence-corrected chi connectivity index (χ3v) is 3.50. The number of amides is 1. The van der Waals surface area contributed by atoms with Crippen LogP contribution in [0.1, 0.15) is 27.2 Å². The summed E-state index contributed by atoms with van der Waals surface area (Å²) < 4.78 is 6.98. The average Bonchev–Trinajstić information content (AvgIpc) is 2.93. The van der Waals surface area contributed by atoms with Crippen LogP contribution in [0, 0.1) is 0 Å². The Labute approximate surface area is 129 Å². The number of nitrogens with one attached hydrogen (secondary N) is 1. The zero-order valence-electron chi connectivity index (χ0n) is 13.3. The molecule has 0 saturated carbocycles. The molecule has 1 amide bonds. The van der Waals surface area contributed by atoms with Gasteiger partial charge in [0.15, 0.2) is 5.54 Å². The van der Waals surface area contributed by atoms with E-state index in [2.05, 4.69) is 10.3 Å². The van der Waals surface area contributed by atoms with E-state index in [1.807, 2.05) is 16.5 Å². The molecule has 0 bridgehead atoms. The minimum absolute atomic E-state index is 0.145. The Morgan fingerprint density at radius 1 is 1.45 bits per heavy atom. The van der Waals surface area contributed by atoms with E-state index in [0.717, 1.165) is 0 Å². The number of imidazole rings is 1. The molecule has 22 heavy (non-hydrogen) atoms. The molecule has 1 fully saturated rings. The Morgan fingerprint density at radius 3 is 2.64 bits per heavy atom. The third kappa shape index (κ3) is 3.32. The summed E-state index contributed by atoms with van der Waals surface area (Å²) in [5.41, 5.74) is -2.05. The number of carboxylic acid groups (broad SMARTS) is 1. The Morgan fingerprint density at radius 2 is 2.14 bits per heavy atom. The lowest BCUT2D eigenvalue weighted by atomic mass is 9.99. The molecule has 1 atom stereocenters. The normalized spacial score (nSPS) is 21.7. The van der Waals surface area contributed by atoms with Crippen molar-refractivity contribution in [3.63, 3.8) is 0 Å². The predicted octanol–water partition coefficient (Wildman–Crippen LogP) is 0.978. The van der Waals surface area contributed by atoms with Crippen molar-refractivity contribution in [2.75, 3.05) is 18.0 Å². The smallest absolute Gasteiger partial charge is 0.408 e. The van der Waals surface area contributed by atoms with Gasteiger partial charge in [-0.1, -0.05) is 0 Å². The Bertz CT molecular complexity index is 578. The first kappa shape index (κ1) is 16.1. The van der Waals surface area contributed by atoms with Crippen LogP contribution in [-0.4, -0.2) is 50.9 Å². The number of aliphatic carboxylic acids is 1. The predicted molar refractivity (Wildman–Crippen MR) is 79.8 cm³/mol. The van der Waals surface area contributed by atoms with Gasteiger partial charge in [0.25, 0.3) is 0 Å². The number of hydrogen-bond acceptors (Lipinski definition) is 5. The van der Waals surface area contributed by atoms with Crippen molar-refractivity contribution in [2.24, 2.45) is 7.05 Å². The third-order valence-electron chi connectivity index (χ3n) is 3.50. The summed E-state index contributed by atoms with van der Waals surface area (Å²) in [4.78, 5) is 29.7. The van der Waals surface area contributed by atoms with E-state index in [0.29, 0.717) is 12.5 Å². The zero-order chi connectivity index (χ0) is 16.5. The van der Waals surface area contributed by atoms with Gasteiger partial charge in [-0.15, -0.1) is 0 Å². The molecular formula is C14H22N4O4. The lowest BCUT2D eigenvalue weighted by Gasteiger charge is -2.28. The molecule has 0 spiro atoms. The highest BCUT2D eigenvalue weighted by atomic mass is 16.6. The van der Waals surface area contributed by atoms with Gasteiger partial charge in [-0.05, 0) is 20.8 Å². The van der Waals surface area contributed by atoms with E-state index in [1.54, 1.807) is 33.2 Å². The van der Waals surface area contributed by atoms with Crippen LogP contribution in [0.3, 0.4) is 0 Å². The number of rotatable bonds is 3. The topological polar surface area (TPSA) is 96.7 Å². The second-order valence-electron chi connectivity index (χ2n) is 6.52. The van der Waals surface area contributed by atoms with Crippen LogP contribution >= 0.6 is 0 Å². The minimum atomic E-state index is -1.37. The van der Waals surface area contributed by atoms with Gasteiger partial charge in [0.05, 0.1) is 6.54 Å². The van der Waals surface area contributed by atoms with E-state index >= 15 is 0 Å². The number of ether oxygens (including phenoxy) is 1. The summed E-state index contributed by atoms with van der Waals surface area (Å²) in [6.07, 6.45) is 3.00. The van der Waals surface area contributed by atoms with Crippen molar-refractivity contribution in [1.82, 2.24) is 14.9 Å². The molecular weight excluding hydrogens is 288 g/mol. The maximum absolute atomic E-state index is 11.9. The van der Waals surface area contributed by atoms with Crippen LogP contribution in [0.4, 0.5) is 10.7 Å². The van der Waals surface area contributed by atoms with Crippen LogP contribution in [0.25, 0.3) is 0 Å². The SMILES string of the molecule is Cn1ccnc1N1CCC(NC(=O)OC(C)(C)C)(C(=O)O)C1. The fraction of sp³-hybridized carbons (Fsp3) is 0.643. The molecule has 1 aliphatic rings. The summed E-state index contributed by atoms with van der Waals surface area (Å²) in [5, 5.41) is 12.1. The van der Waals surface area contributed by atoms with E-state index in [4.69, 9.17) is 4.74 Å². The summed E-state index contributed by atoms with van der Waals surface area (Å²) >= 11 is 0. The molecule has 1 aromatic rings. The second-order valence-corrected chi connectivity index (χ2v) is 6.52. The molecule has 0 aliphatic carbocycles. The number of alkyl carbamates (subject to hydrolysis) is 1. The van der Waals surface area contributed by atoms with Gasteiger partial charge in [0.2, 0.25) is 5.95 Å². The highest BCUT2D eigenvalue weighted by molar-refractivity contribution is 5.86. The fourth-order valence-electron chi connectivity index (χ4n) is 2.47. The Hall–Kier alpha value is -2.25. The summed E-state index contributed by atoms with van der Waals surface area (Å²) in [5.74, 6) is -0.399. The van der Waals surface area contributed by atoms with Crippen molar-refractivity contribution >= 4 is 18.0 Å². The number of carbonyl (C=O) groups excluding carboxylic acids is 1. The zero-order valence-corrected chi connectivity index (χ0v) is 13.3. The summed E-state index contributed by atoms with van der Waals surface area (Å²) in [6.45, 7) is 5.83. The number of aromatic nitrogens is 2. The molecule has 2 N–H and O–H groups in total. The Balaban J connectivity index is 2.13. The molecule has 2 heterocycles. The maximum atomic E-state index is 11.9. The quantitative estimate of drug-likeness (QED) is 0.864. The van der Waals surface area contributed by atoms with Crippen molar-refractivity contribution in [2.45, 2.75) is 38.3 Å². The lowest BCUT2D eigenvalue weighted by Crippen LogP contribution is -2.57. The number of aryl methyl sites for hydroxylation is 1. The molecule has 1 aliphatic heterocycles. The lowest BCUT2D eigenvalue weighted by molar-refractivity contribution is -0.143. The number of carbonyl (C=O) groups is 2. The standard InChI is InChI=1S/C14H22N4O4/c1-13(2,3)22-12(21)16-14(10(19)20)5-7-18(9-14)11-15-6-8-17(11)4/h6,8H,5,7,9H2,1-4H3,(H,16,21)(H,19,20). The molecule has 8 heteroatoms. The number of hydrogen-bond donors (Lipinski definition) is 2. The van der Waals surface area contributed by atoms with Crippen LogP contribution in [0.2, 0.25) is 0 Å². The monoisotopic (exact) mass is 310 g/mol. The minimum Gasteiger partial charge on any atom is -0.479 e. The van der Waals surface area contributed by atoms with Gasteiger partial charge in [-0.25, -0.2) is 14.6 Å². The molecule has 122 valence electrons. The molecule has 1 unspecified atom stereocenters. The first-order valence-electron chi connectivity index (χ1n) is 7.10. The van der Waals surface area contributed by atoms with Gasteiger partial charge in [-0.2, -0.15) is 0 Å². The number of nitrogens with zero attached hydrogens (tertiary/aromatic N) is 3. The van der Waals surface area contributed by atoms with Crippen LogP contribution in [0.15, 0.2) is 12.4 Å². The highest BCUT2D eigenvalue weighted by Crippen LogP contribution is 2.26. The van der Waals surface area contributed by atoms with Gasteiger partial charge in [0, 0.05) is 32.4 Å². The van der Waals surface area contributed by atoms with Gasteiger partial charge >= 0.3 is 12.1 Å². The average molecular weight is 310 g/mol. The molecule has 2 rings (SSSR count). The van der Waals surface area contributed by atoms with Gasteiger partial charge in [-0.3, -0.25) is 0 Å². The number of carboxylic acids is 1. The molecule has 1 aromatic heterocycles. The van der Waals surface area contributed by atoms with Crippen LogP contribution < -0.4 is 10.2 Å².